The zero-order valence-electron chi connectivity index (χ0n) is 8.61. The van der Waals surface area contributed by atoms with Crippen LogP contribution in [0.3, 0.4) is 0 Å². The number of hydrogen-bond acceptors (Lipinski definition) is 4. The van der Waals surface area contributed by atoms with Crippen LogP contribution in [0.4, 0.5) is 5.13 Å². The summed E-state index contributed by atoms with van der Waals surface area (Å²) in [4.78, 5) is 2.04. The van der Waals surface area contributed by atoms with E-state index in [4.69, 9.17) is 23.8 Å². The molecule has 2 rings (SSSR count). The van der Waals surface area contributed by atoms with E-state index in [2.05, 4.69) is 10.2 Å². The maximum absolute atomic E-state index is 5.83. The average Bonchev–Trinajstić information content (AvgIpc) is 2.68. The highest BCUT2D eigenvalue weighted by Crippen LogP contribution is 2.18. The number of halogens is 1. The van der Waals surface area contributed by atoms with Crippen LogP contribution in [0.15, 0.2) is 24.3 Å². The fourth-order valence-electron chi connectivity index (χ4n) is 1.32. The monoisotopic (exact) mass is 271 g/mol. The molecule has 1 heterocycles. The van der Waals surface area contributed by atoms with Gasteiger partial charge in [-0.2, -0.15) is 0 Å². The molecule has 0 saturated heterocycles. The average molecular weight is 272 g/mol. The van der Waals surface area contributed by atoms with Crippen LogP contribution in [0.2, 0.25) is 5.02 Å². The highest BCUT2D eigenvalue weighted by atomic mass is 35.5. The Morgan fingerprint density at radius 2 is 2.12 bits per heavy atom. The fraction of sp³-hybridized carbons (Fsp3) is 0.200. The SMILES string of the molecule is CN(Cc1ccc(Cl)cc1)c1n[nH]c(=S)s1. The van der Waals surface area contributed by atoms with Crippen LogP contribution in [-0.2, 0) is 6.54 Å². The van der Waals surface area contributed by atoms with Crippen molar-refractivity contribution in [1.29, 1.82) is 0 Å². The molecule has 0 aliphatic rings. The number of aromatic nitrogens is 2. The Kier molecular flexibility index (Phi) is 3.58. The van der Waals surface area contributed by atoms with Crippen LogP contribution in [0.5, 0.6) is 0 Å². The van der Waals surface area contributed by atoms with E-state index in [1.165, 1.54) is 16.9 Å². The molecular weight excluding hydrogens is 262 g/mol. The minimum absolute atomic E-state index is 0.693. The molecule has 0 bridgehead atoms. The first-order chi connectivity index (χ1) is 7.65. The number of benzene rings is 1. The van der Waals surface area contributed by atoms with Gasteiger partial charge in [0.05, 0.1) is 0 Å². The standard InChI is InChI=1S/C10H10ClN3S2/c1-14(9-12-13-10(15)16-9)6-7-2-4-8(11)5-3-7/h2-5H,6H2,1H3,(H,13,15). The quantitative estimate of drug-likeness (QED) is 0.868. The van der Waals surface area contributed by atoms with Gasteiger partial charge in [0.15, 0.2) is 3.95 Å². The molecule has 0 radical (unpaired) electrons. The molecule has 0 fully saturated rings. The first kappa shape index (κ1) is 11.6. The van der Waals surface area contributed by atoms with E-state index >= 15 is 0 Å². The van der Waals surface area contributed by atoms with Crippen LogP contribution in [0.1, 0.15) is 5.56 Å². The molecule has 84 valence electrons. The molecule has 0 amide bonds. The normalized spacial score (nSPS) is 10.4. The van der Waals surface area contributed by atoms with Crippen LogP contribution in [0, 0.1) is 3.95 Å². The summed E-state index contributed by atoms with van der Waals surface area (Å²) in [5, 5.41) is 8.52. The van der Waals surface area contributed by atoms with Crippen molar-refractivity contribution >= 4 is 40.3 Å². The van der Waals surface area contributed by atoms with Crippen LogP contribution in [-0.4, -0.2) is 17.2 Å². The van der Waals surface area contributed by atoms with Gasteiger partial charge in [0.25, 0.3) is 0 Å². The zero-order chi connectivity index (χ0) is 11.5. The summed E-state index contributed by atoms with van der Waals surface area (Å²) in [5.74, 6) is 0. The van der Waals surface area contributed by atoms with Gasteiger partial charge in [-0.15, -0.1) is 5.10 Å². The highest BCUT2D eigenvalue weighted by molar-refractivity contribution is 7.73. The van der Waals surface area contributed by atoms with Crippen LogP contribution < -0.4 is 4.90 Å². The van der Waals surface area contributed by atoms with E-state index in [1.807, 2.05) is 36.2 Å². The van der Waals surface area contributed by atoms with Crippen molar-refractivity contribution in [2.24, 2.45) is 0 Å². The lowest BCUT2D eigenvalue weighted by molar-refractivity contribution is 0.893. The Morgan fingerprint density at radius 3 is 2.69 bits per heavy atom. The Morgan fingerprint density at radius 1 is 1.44 bits per heavy atom. The lowest BCUT2D eigenvalue weighted by atomic mass is 10.2. The molecule has 0 atom stereocenters. The van der Waals surface area contributed by atoms with Gasteiger partial charge in [-0.05, 0) is 29.9 Å². The molecule has 1 aromatic heterocycles. The Hall–Kier alpha value is -0.910. The molecule has 2 aromatic rings. The molecule has 0 saturated carbocycles. The van der Waals surface area contributed by atoms with Crippen molar-refractivity contribution in [3.63, 3.8) is 0 Å². The van der Waals surface area contributed by atoms with Crippen molar-refractivity contribution in [2.75, 3.05) is 11.9 Å². The maximum Gasteiger partial charge on any atom is 0.206 e. The molecule has 0 aliphatic carbocycles. The van der Waals surface area contributed by atoms with E-state index in [1.54, 1.807) is 0 Å². The number of H-pyrrole nitrogens is 1. The third kappa shape index (κ3) is 2.81. The zero-order valence-corrected chi connectivity index (χ0v) is 11.0. The summed E-state index contributed by atoms with van der Waals surface area (Å²) < 4.78 is 0.693. The van der Waals surface area contributed by atoms with Gasteiger partial charge < -0.3 is 4.90 Å². The molecule has 1 aromatic carbocycles. The predicted octanol–water partition coefficient (Wildman–Crippen LogP) is 3.49. The second-order valence-corrected chi connectivity index (χ2v) is 5.46. The van der Waals surface area contributed by atoms with E-state index in [9.17, 15) is 0 Å². The highest BCUT2D eigenvalue weighted by Gasteiger charge is 2.05. The Bertz CT molecular complexity index is 517. The summed E-state index contributed by atoms with van der Waals surface area (Å²) in [5.41, 5.74) is 1.19. The molecule has 6 heteroatoms. The third-order valence-electron chi connectivity index (χ3n) is 2.09. The maximum atomic E-state index is 5.83. The van der Waals surface area contributed by atoms with E-state index in [0.717, 1.165) is 16.7 Å². The second kappa shape index (κ2) is 4.95. The summed E-state index contributed by atoms with van der Waals surface area (Å²) in [7, 11) is 1.98. The van der Waals surface area contributed by atoms with Gasteiger partial charge in [-0.1, -0.05) is 35.1 Å². The lowest BCUT2D eigenvalue weighted by Crippen LogP contribution is -2.15. The Labute approximate surface area is 108 Å². The number of rotatable bonds is 3. The fourth-order valence-corrected chi connectivity index (χ4v) is 2.28. The molecule has 16 heavy (non-hydrogen) atoms. The van der Waals surface area contributed by atoms with Gasteiger partial charge in [-0.25, -0.2) is 0 Å². The molecule has 0 aliphatic heterocycles. The number of hydrogen-bond donors (Lipinski definition) is 1. The third-order valence-corrected chi connectivity index (χ3v) is 3.54. The van der Waals surface area contributed by atoms with Crippen molar-refractivity contribution in [3.8, 4) is 0 Å². The van der Waals surface area contributed by atoms with Crippen LogP contribution in [0.25, 0.3) is 0 Å². The van der Waals surface area contributed by atoms with Gasteiger partial charge in [0, 0.05) is 18.6 Å². The molecular formula is C10H10ClN3S2. The largest absolute Gasteiger partial charge is 0.345 e. The summed E-state index contributed by atoms with van der Waals surface area (Å²) in [6.07, 6.45) is 0. The molecule has 0 unspecified atom stereocenters. The van der Waals surface area contributed by atoms with Crippen molar-refractivity contribution in [1.82, 2.24) is 10.2 Å². The first-order valence-corrected chi connectivity index (χ1v) is 6.26. The van der Waals surface area contributed by atoms with E-state index in [0.29, 0.717) is 3.95 Å². The van der Waals surface area contributed by atoms with Gasteiger partial charge in [-0.3, -0.25) is 5.10 Å². The minimum Gasteiger partial charge on any atom is -0.345 e. The molecule has 1 N–H and O–H groups in total. The summed E-state index contributed by atoms with van der Waals surface area (Å²) >= 11 is 12.3. The number of anilines is 1. The molecule has 3 nitrogen and oxygen atoms in total. The van der Waals surface area contributed by atoms with Crippen molar-refractivity contribution < 1.29 is 0 Å². The smallest absolute Gasteiger partial charge is 0.206 e. The Balaban J connectivity index is 2.10. The summed E-state index contributed by atoms with van der Waals surface area (Å²) in [6.45, 7) is 0.785. The van der Waals surface area contributed by atoms with Gasteiger partial charge in [0.1, 0.15) is 0 Å². The minimum atomic E-state index is 0.693. The summed E-state index contributed by atoms with van der Waals surface area (Å²) in [6, 6.07) is 7.78. The lowest BCUT2D eigenvalue weighted by Gasteiger charge is -2.14. The topological polar surface area (TPSA) is 31.9 Å². The van der Waals surface area contributed by atoms with Gasteiger partial charge >= 0.3 is 0 Å². The van der Waals surface area contributed by atoms with E-state index < -0.39 is 0 Å². The number of aromatic amines is 1. The van der Waals surface area contributed by atoms with Crippen molar-refractivity contribution in [3.05, 3.63) is 38.8 Å². The second-order valence-electron chi connectivity index (χ2n) is 3.38. The number of nitrogens with one attached hydrogen (secondary N) is 1. The predicted molar refractivity (Wildman–Crippen MR) is 70.9 cm³/mol. The van der Waals surface area contributed by atoms with E-state index in [-0.39, 0.29) is 0 Å². The first-order valence-electron chi connectivity index (χ1n) is 4.66. The van der Waals surface area contributed by atoms with Crippen LogP contribution >= 0.6 is 35.2 Å². The number of nitrogens with zero attached hydrogens (tertiary/aromatic N) is 2. The van der Waals surface area contributed by atoms with Crippen molar-refractivity contribution in [2.45, 2.75) is 6.54 Å². The molecule has 0 spiro atoms. The van der Waals surface area contributed by atoms with Gasteiger partial charge in [0.2, 0.25) is 5.13 Å².